The molecule has 15 atom stereocenters. The molecule has 0 radical (unpaired) electrons. The highest BCUT2D eigenvalue weighted by Crippen LogP contribution is 2.76. The van der Waals surface area contributed by atoms with E-state index in [-0.39, 0.29) is 30.3 Å². The van der Waals surface area contributed by atoms with Crippen LogP contribution in [0.3, 0.4) is 0 Å². The third kappa shape index (κ3) is 4.69. The summed E-state index contributed by atoms with van der Waals surface area (Å²) in [5.74, 6) is -2.81. The summed E-state index contributed by atoms with van der Waals surface area (Å²) in [5.41, 5.74) is -3.46. The van der Waals surface area contributed by atoms with E-state index in [0.29, 0.717) is 38.5 Å². The number of carbonyl (C=O) groups is 2. The van der Waals surface area contributed by atoms with Crippen LogP contribution in [0.4, 0.5) is 0 Å². The number of allylic oxidation sites excluding steroid dienone is 1. The van der Waals surface area contributed by atoms with E-state index in [0.717, 1.165) is 18.4 Å². The molecule has 272 valence electrons. The second-order valence-corrected chi connectivity index (χ2v) is 17.7. The van der Waals surface area contributed by atoms with E-state index in [2.05, 4.69) is 26.8 Å². The molecular weight excluding hydrogens is 624 g/mol. The van der Waals surface area contributed by atoms with Crippen molar-refractivity contribution in [3.8, 4) is 0 Å². The quantitative estimate of drug-likeness (QED) is 0.150. The summed E-state index contributed by atoms with van der Waals surface area (Å²) in [6, 6.07) is 0. The van der Waals surface area contributed by atoms with Crippen molar-refractivity contribution in [1.82, 2.24) is 0 Å². The average molecular weight is 681 g/mol. The Bertz CT molecular complexity index is 1330. The number of fused-ring (bicyclic) bond motifs is 7. The van der Waals surface area contributed by atoms with Crippen LogP contribution in [0.2, 0.25) is 0 Å². The van der Waals surface area contributed by atoms with E-state index < -0.39 is 94.5 Å². The normalized spacial score (nSPS) is 52.9. The van der Waals surface area contributed by atoms with Crippen LogP contribution in [0.5, 0.6) is 0 Å². The van der Waals surface area contributed by atoms with Crippen LogP contribution < -0.4 is 0 Å². The van der Waals surface area contributed by atoms with Gasteiger partial charge in [-0.1, -0.05) is 39.3 Å². The van der Waals surface area contributed by atoms with Crippen LogP contribution >= 0.6 is 0 Å². The Morgan fingerprint density at radius 2 is 1.52 bits per heavy atom. The van der Waals surface area contributed by atoms with Gasteiger partial charge in [-0.05, 0) is 98.7 Å². The molecular formula is C36H56O12. The molecule has 5 fully saturated rings. The fourth-order valence-corrected chi connectivity index (χ4v) is 12.4. The maximum atomic E-state index is 13.4. The molecule has 12 nitrogen and oxygen atoms in total. The van der Waals surface area contributed by atoms with Crippen LogP contribution in [-0.4, -0.2) is 109 Å². The minimum absolute atomic E-state index is 0.0445. The Hall–Kier alpha value is -1.64. The van der Waals surface area contributed by atoms with Gasteiger partial charge in [-0.2, -0.15) is 0 Å². The van der Waals surface area contributed by atoms with Crippen molar-refractivity contribution >= 4 is 11.9 Å². The van der Waals surface area contributed by atoms with Crippen molar-refractivity contribution in [3.63, 3.8) is 0 Å². The molecule has 0 aromatic rings. The minimum Gasteiger partial charge on any atom is -0.481 e. The van der Waals surface area contributed by atoms with Crippen molar-refractivity contribution in [2.24, 2.45) is 50.2 Å². The van der Waals surface area contributed by atoms with E-state index in [1.54, 1.807) is 6.92 Å². The SMILES string of the molecule is CC1(C)CC[C@]2(C(=O)O)CC[C@]3(CO)C(=CC[C@@H]4[C@@]5(C)C[C@H](O)[C@H](O[C@@H]6O[C@H](CO)[C@@H](O)[C@H](O)[C@H]6O)[C@](C)(C(=O)O)[C@@H]5CC[C@]43C)[C@@H]2C1. The number of hydrogen-bond donors (Lipinski definition) is 8. The predicted octanol–water partition coefficient (Wildman–Crippen LogP) is 2.07. The van der Waals surface area contributed by atoms with Crippen LogP contribution in [0.25, 0.3) is 0 Å². The van der Waals surface area contributed by atoms with E-state index >= 15 is 0 Å². The third-order valence-electron chi connectivity index (χ3n) is 15.2. The summed E-state index contributed by atoms with van der Waals surface area (Å²) in [6.07, 6.45) is -3.56. The zero-order valence-electron chi connectivity index (χ0n) is 28.8. The van der Waals surface area contributed by atoms with Gasteiger partial charge in [0.15, 0.2) is 6.29 Å². The zero-order valence-corrected chi connectivity index (χ0v) is 28.8. The molecule has 1 saturated heterocycles. The molecule has 12 heteroatoms. The van der Waals surface area contributed by atoms with Gasteiger partial charge in [0.2, 0.25) is 0 Å². The number of aliphatic carboxylic acids is 2. The summed E-state index contributed by atoms with van der Waals surface area (Å²) in [7, 11) is 0. The molecule has 0 aromatic heterocycles. The first-order valence-electron chi connectivity index (χ1n) is 17.7. The van der Waals surface area contributed by atoms with Gasteiger partial charge in [0.25, 0.3) is 0 Å². The zero-order chi connectivity index (χ0) is 35.4. The third-order valence-corrected chi connectivity index (χ3v) is 15.2. The van der Waals surface area contributed by atoms with Crippen LogP contribution in [0.1, 0.15) is 92.4 Å². The maximum Gasteiger partial charge on any atom is 0.312 e. The molecule has 6 aliphatic rings. The average Bonchev–Trinajstić information content (AvgIpc) is 3.01. The molecule has 0 bridgehead atoms. The second-order valence-electron chi connectivity index (χ2n) is 17.7. The van der Waals surface area contributed by atoms with Gasteiger partial charge in [-0.3, -0.25) is 9.59 Å². The number of carboxylic acids is 2. The minimum atomic E-state index is -1.75. The fraction of sp³-hybridized carbons (Fsp3) is 0.889. The molecule has 5 aliphatic carbocycles. The summed E-state index contributed by atoms with van der Waals surface area (Å²) in [5, 5.41) is 85.8. The van der Waals surface area contributed by atoms with Gasteiger partial charge in [0.1, 0.15) is 30.5 Å². The highest BCUT2D eigenvalue weighted by Gasteiger charge is 2.73. The Morgan fingerprint density at radius 3 is 2.12 bits per heavy atom. The summed E-state index contributed by atoms with van der Waals surface area (Å²) in [4.78, 5) is 26.3. The van der Waals surface area contributed by atoms with Crippen LogP contribution in [-0.2, 0) is 19.1 Å². The van der Waals surface area contributed by atoms with Gasteiger partial charge >= 0.3 is 11.9 Å². The van der Waals surface area contributed by atoms with Crippen LogP contribution in [0, 0.1) is 50.2 Å². The molecule has 4 saturated carbocycles. The van der Waals surface area contributed by atoms with Crippen molar-refractivity contribution in [1.29, 1.82) is 0 Å². The lowest BCUT2D eigenvalue weighted by atomic mass is 9.33. The first kappa shape index (κ1) is 36.2. The van der Waals surface area contributed by atoms with Gasteiger partial charge in [0, 0.05) is 5.41 Å². The van der Waals surface area contributed by atoms with Crippen molar-refractivity contribution < 1.29 is 59.9 Å². The lowest BCUT2D eigenvalue weighted by molar-refractivity contribution is -0.340. The molecule has 0 unspecified atom stereocenters. The molecule has 1 aliphatic heterocycles. The maximum absolute atomic E-state index is 13.4. The van der Waals surface area contributed by atoms with E-state index in [1.165, 1.54) is 0 Å². The molecule has 0 amide bonds. The van der Waals surface area contributed by atoms with E-state index in [9.17, 15) is 50.4 Å². The van der Waals surface area contributed by atoms with Crippen molar-refractivity contribution in [2.45, 2.75) is 135 Å². The Labute approximate surface area is 282 Å². The number of aliphatic hydroxyl groups excluding tert-OH is 6. The first-order chi connectivity index (χ1) is 22.3. The lowest BCUT2D eigenvalue weighted by Gasteiger charge is -2.71. The second kappa shape index (κ2) is 11.7. The molecule has 1 heterocycles. The smallest absolute Gasteiger partial charge is 0.312 e. The summed E-state index contributed by atoms with van der Waals surface area (Å²) < 4.78 is 11.7. The Balaban J connectivity index is 1.38. The predicted molar refractivity (Wildman–Crippen MR) is 170 cm³/mol. The fourth-order valence-electron chi connectivity index (χ4n) is 12.4. The van der Waals surface area contributed by atoms with Crippen molar-refractivity contribution in [2.75, 3.05) is 13.2 Å². The van der Waals surface area contributed by atoms with Gasteiger partial charge < -0.3 is 50.3 Å². The van der Waals surface area contributed by atoms with Crippen molar-refractivity contribution in [3.05, 3.63) is 11.6 Å². The topological polar surface area (TPSA) is 214 Å². The Kier molecular flexibility index (Phi) is 8.81. The molecule has 8 N–H and O–H groups in total. The molecule has 0 aromatic carbocycles. The lowest BCUT2D eigenvalue weighted by Crippen LogP contribution is -2.71. The molecule has 6 rings (SSSR count). The first-order valence-corrected chi connectivity index (χ1v) is 17.7. The van der Waals surface area contributed by atoms with Gasteiger partial charge in [0.05, 0.1) is 30.1 Å². The number of hydrogen-bond acceptors (Lipinski definition) is 10. The van der Waals surface area contributed by atoms with Gasteiger partial charge in [-0.15, -0.1) is 0 Å². The summed E-state index contributed by atoms with van der Waals surface area (Å²) >= 11 is 0. The number of aliphatic hydroxyl groups is 6. The molecule has 0 spiro atoms. The number of rotatable bonds is 6. The van der Waals surface area contributed by atoms with E-state index in [4.69, 9.17) is 9.47 Å². The Morgan fingerprint density at radius 1 is 0.854 bits per heavy atom. The van der Waals surface area contributed by atoms with Gasteiger partial charge in [-0.25, -0.2) is 0 Å². The highest BCUT2D eigenvalue weighted by atomic mass is 16.7. The standard InChI is InChI=1S/C36H56O12/c1-31(2)10-11-35(30(45)46)12-13-36(17-38)18(19(35)14-31)6-7-22-32(3)15-20(39)27(34(5,29(43)44)23(32)8-9-33(22,36)4)48-28-26(42)25(41)24(40)21(16-37)47-28/h6,19-28,37-42H,7-17H2,1-5H3,(H,43,44)(H,45,46)/t19-,20-,21+,22+,23+,24+,25-,26+,27-,28-,32+,33+,34+,35-,36-/m0/s1. The van der Waals surface area contributed by atoms with E-state index in [1.807, 2.05) is 6.92 Å². The largest absolute Gasteiger partial charge is 0.481 e. The molecule has 48 heavy (non-hydrogen) atoms. The monoisotopic (exact) mass is 680 g/mol. The van der Waals surface area contributed by atoms with Crippen LogP contribution in [0.15, 0.2) is 11.6 Å². The highest BCUT2D eigenvalue weighted by molar-refractivity contribution is 5.77. The summed E-state index contributed by atoms with van der Waals surface area (Å²) in [6.45, 7) is 9.33. The number of ether oxygens (including phenoxy) is 2. The number of carboxylic acid groups (broad SMARTS) is 2.